The summed E-state index contributed by atoms with van der Waals surface area (Å²) in [6, 6.07) is 33.3. The predicted octanol–water partition coefficient (Wildman–Crippen LogP) is 6.47. The summed E-state index contributed by atoms with van der Waals surface area (Å²) in [6.45, 7) is 0. The highest BCUT2D eigenvalue weighted by atomic mass is 19.4. The van der Waals surface area contributed by atoms with E-state index in [-0.39, 0.29) is 11.4 Å². The molecule has 0 radical (unpaired) electrons. The van der Waals surface area contributed by atoms with Crippen molar-refractivity contribution in [3.63, 3.8) is 0 Å². The minimum atomic E-state index is -5.08. The van der Waals surface area contributed by atoms with Gasteiger partial charge < -0.3 is 16.2 Å². The molecular weight excluding hydrogens is 505 g/mol. The summed E-state index contributed by atoms with van der Waals surface area (Å²) in [5.41, 5.74) is 11.1. The molecule has 1 amide bonds. The zero-order valence-electron chi connectivity index (χ0n) is 21.1. The topological polar surface area (TPSA) is 92.4 Å². The number of amides is 1. The molecule has 8 heteroatoms. The number of hydrogen-bond acceptors (Lipinski definition) is 3. The molecule has 0 aromatic heterocycles. The number of aliphatic carboxylic acids is 1. The van der Waals surface area contributed by atoms with Crippen LogP contribution in [0.4, 0.5) is 18.9 Å². The zero-order chi connectivity index (χ0) is 28.0. The first-order chi connectivity index (χ1) is 18.5. The second kappa shape index (κ2) is 11.7. The van der Waals surface area contributed by atoms with Gasteiger partial charge in [0, 0.05) is 23.6 Å². The van der Waals surface area contributed by atoms with E-state index in [0.29, 0.717) is 12.3 Å². The van der Waals surface area contributed by atoms with Gasteiger partial charge in [0.15, 0.2) is 0 Å². The van der Waals surface area contributed by atoms with Gasteiger partial charge in [-0.15, -0.1) is 0 Å². The van der Waals surface area contributed by atoms with E-state index in [9.17, 15) is 18.0 Å². The van der Waals surface area contributed by atoms with Crippen LogP contribution in [-0.4, -0.2) is 28.7 Å². The molecule has 4 aromatic carbocycles. The van der Waals surface area contributed by atoms with Crippen molar-refractivity contribution in [2.45, 2.75) is 43.3 Å². The number of anilines is 1. The van der Waals surface area contributed by atoms with Crippen molar-refractivity contribution in [2.75, 3.05) is 5.32 Å². The minimum Gasteiger partial charge on any atom is -0.475 e. The quantitative estimate of drug-likeness (QED) is 0.253. The molecule has 2 unspecified atom stereocenters. The summed E-state index contributed by atoms with van der Waals surface area (Å²) in [6.07, 6.45) is -1.99. The van der Waals surface area contributed by atoms with Crippen LogP contribution in [0.1, 0.15) is 35.4 Å². The van der Waals surface area contributed by atoms with Gasteiger partial charge in [-0.1, -0.05) is 84.9 Å². The van der Waals surface area contributed by atoms with E-state index in [2.05, 4.69) is 72.0 Å². The average molecular weight is 535 g/mol. The van der Waals surface area contributed by atoms with Gasteiger partial charge in [0.2, 0.25) is 5.91 Å². The standard InChI is InChI=1S/C29H28N2O.C2HF3O2/c30-29(19-22-10-12-23-8-4-5-9-25(23)18-22)20-27(29)24-13-15-26(16-14-24)31-28(32)17-11-21-6-2-1-3-7-21;3-2(4,5)1(6)7/h1-10,12-16,18,27H,11,17,19-20,30H2,(H,31,32);(H,6,7). The van der Waals surface area contributed by atoms with E-state index in [4.69, 9.17) is 15.6 Å². The Morgan fingerprint density at radius 1 is 0.872 bits per heavy atom. The van der Waals surface area contributed by atoms with Crippen LogP contribution in [0.3, 0.4) is 0 Å². The number of fused-ring (bicyclic) bond motifs is 1. The predicted molar refractivity (Wildman–Crippen MR) is 145 cm³/mol. The number of nitrogens with two attached hydrogens (primary N) is 1. The molecule has 0 bridgehead atoms. The number of rotatable bonds is 7. The number of halogens is 3. The zero-order valence-corrected chi connectivity index (χ0v) is 21.1. The van der Waals surface area contributed by atoms with Gasteiger partial charge >= 0.3 is 12.1 Å². The van der Waals surface area contributed by atoms with Crippen molar-refractivity contribution in [1.29, 1.82) is 0 Å². The van der Waals surface area contributed by atoms with Gasteiger partial charge in [-0.05, 0) is 58.9 Å². The summed E-state index contributed by atoms with van der Waals surface area (Å²) < 4.78 is 31.7. The third-order valence-corrected chi connectivity index (χ3v) is 6.79. The van der Waals surface area contributed by atoms with E-state index in [1.54, 1.807) is 0 Å². The largest absolute Gasteiger partial charge is 0.490 e. The molecule has 4 aromatic rings. The minimum absolute atomic E-state index is 0.0394. The number of carbonyl (C=O) groups is 2. The van der Waals surface area contributed by atoms with Crippen LogP contribution in [0, 0.1) is 0 Å². The van der Waals surface area contributed by atoms with Crippen molar-refractivity contribution in [3.05, 3.63) is 114 Å². The highest BCUT2D eigenvalue weighted by molar-refractivity contribution is 5.90. The molecule has 0 aliphatic heterocycles. The van der Waals surface area contributed by atoms with E-state index < -0.39 is 12.1 Å². The fraction of sp³-hybridized carbons (Fsp3) is 0.226. The lowest BCUT2D eigenvalue weighted by Gasteiger charge is -2.13. The number of carboxylic acids is 1. The molecule has 4 N–H and O–H groups in total. The van der Waals surface area contributed by atoms with Crippen LogP contribution < -0.4 is 11.1 Å². The monoisotopic (exact) mass is 534 g/mol. The van der Waals surface area contributed by atoms with Crippen LogP contribution >= 0.6 is 0 Å². The fourth-order valence-electron chi connectivity index (χ4n) is 4.62. The smallest absolute Gasteiger partial charge is 0.475 e. The molecule has 5 rings (SSSR count). The third-order valence-electron chi connectivity index (χ3n) is 6.79. The number of carboxylic acid groups (broad SMARTS) is 1. The second-order valence-electron chi connectivity index (χ2n) is 9.81. The maximum atomic E-state index is 12.3. The number of carbonyl (C=O) groups excluding carboxylic acids is 1. The lowest BCUT2D eigenvalue weighted by molar-refractivity contribution is -0.192. The summed E-state index contributed by atoms with van der Waals surface area (Å²) >= 11 is 0. The Hall–Kier alpha value is -4.17. The van der Waals surface area contributed by atoms with Crippen LogP contribution in [0.25, 0.3) is 10.8 Å². The van der Waals surface area contributed by atoms with Crippen LogP contribution in [0.5, 0.6) is 0 Å². The lowest BCUT2D eigenvalue weighted by Crippen LogP contribution is -2.27. The maximum absolute atomic E-state index is 12.3. The number of alkyl halides is 3. The molecular formula is C31H29F3N2O3. The Morgan fingerprint density at radius 2 is 1.49 bits per heavy atom. The van der Waals surface area contributed by atoms with Gasteiger partial charge in [0.1, 0.15) is 0 Å². The van der Waals surface area contributed by atoms with Gasteiger partial charge in [-0.3, -0.25) is 4.79 Å². The van der Waals surface area contributed by atoms with Gasteiger partial charge in [-0.2, -0.15) is 13.2 Å². The first-order valence-corrected chi connectivity index (χ1v) is 12.5. The number of nitrogens with one attached hydrogen (secondary N) is 1. The summed E-state index contributed by atoms with van der Waals surface area (Å²) in [7, 11) is 0. The van der Waals surface area contributed by atoms with Crippen LogP contribution in [0.2, 0.25) is 0 Å². The third kappa shape index (κ3) is 7.67. The van der Waals surface area contributed by atoms with Crippen molar-refractivity contribution in [2.24, 2.45) is 5.73 Å². The molecule has 1 aliphatic rings. The average Bonchev–Trinajstić information content (AvgIpc) is 3.58. The van der Waals surface area contributed by atoms with E-state index in [1.165, 1.54) is 27.5 Å². The van der Waals surface area contributed by atoms with E-state index in [1.807, 2.05) is 30.3 Å². The Balaban J connectivity index is 0.000000448. The molecule has 1 saturated carbocycles. The molecule has 1 fully saturated rings. The maximum Gasteiger partial charge on any atom is 0.490 e. The lowest BCUT2D eigenvalue weighted by atomic mass is 9.97. The second-order valence-corrected chi connectivity index (χ2v) is 9.81. The van der Waals surface area contributed by atoms with Gasteiger partial charge in [-0.25, -0.2) is 4.79 Å². The van der Waals surface area contributed by atoms with E-state index in [0.717, 1.165) is 24.9 Å². The molecule has 0 spiro atoms. The Labute approximate surface area is 224 Å². The highest BCUT2D eigenvalue weighted by Gasteiger charge is 2.51. The normalized spacial score (nSPS) is 18.1. The molecule has 5 nitrogen and oxygen atoms in total. The van der Waals surface area contributed by atoms with Gasteiger partial charge in [0.05, 0.1) is 0 Å². The number of aryl methyl sites for hydroxylation is 1. The molecule has 39 heavy (non-hydrogen) atoms. The van der Waals surface area contributed by atoms with Gasteiger partial charge in [0.25, 0.3) is 0 Å². The SMILES string of the molecule is NC1(Cc2ccc3ccccc3c2)CC1c1ccc(NC(=O)CCc2ccccc2)cc1.O=C(O)C(F)(F)F. The molecule has 2 atom stereocenters. The van der Waals surface area contributed by atoms with Crippen molar-refractivity contribution < 1.29 is 27.9 Å². The van der Waals surface area contributed by atoms with Crippen LogP contribution in [-0.2, 0) is 22.4 Å². The first kappa shape index (κ1) is 27.9. The molecule has 0 saturated heterocycles. The molecule has 0 heterocycles. The fourth-order valence-corrected chi connectivity index (χ4v) is 4.62. The first-order valence-electron chi connectivity index (χ1n) is 12.5. The Bertz CT molecular complexity index is 1440. The molecule has 202 valence electrons. The Morgan fingerprint density at radius 3 is 2.13 bits per heavy atom. The van der Waals surface area contributed by atoms with E-state index >= 15 is 0 Å². The van der Waals surface area contributed by atoms with Crippen LogP contribution in [0.15, 0.2) is 97.1 Å². The highest BCUT2D eigenvalue weighted by Crippen LogP contribution is 2.51. The summed E-state index contributed by atoms with van der Waals surface area (Å²) in [5.74, 6) is -2.36. The summed E-state index contributed by atoms with van der Waals surface area (Å²) in [5, 5.41) is 12.7. The van der Waals surface area contributed by atoms with Crippen molar-refractivity contribution in [1.82, 2.24) is 0 Å². The Kier molecular flexibility index (Phi) is 8.35. The summed E-state index contributed by atoms with van der Waals surface area (Å²) in [4.78, 5) is 21.2. The number of benzene rings is 4. The number of hydrogen-bond donors (Lipinski definition) is 3. The van der Waals surface area contributed by atoms with Crippen molar-refractivity contribution in [3.8, 4) is 0 Å². The molecule has 1 aliphatic carbocycles. The van der Waals surface area contributed by atoms with Crippen molar-refractivity contribution >= 4 is 28.3 Å².